The van der Waals surface area contributed by atoms with Crippen molar-refractivity contribution in [1.82, 2.24) is 10.2 Å². The third kappa shape index (κ3) is 2.93. The van der Waals surface area contributed by atoms with Gasteiger partial charge in [-0.25, -0.2) is 0 Å². The predicted molar refractivity (Wildman–Crippen MR) is 55.0 cm³/mol. The number of nitrogens with one attached hydrogen (secondary N) is 1. The quantitative estimate of drug-likeness (QED) is 0.699. The van der Waals surface area contributed by atoms with Crippen LogP contribution in [0.15, 0.2) is 0 Å². The van der Waals surface area contributed by atoms with Gasteiger partial charge in [0.15, 0.2) is 0 Å². The first kappa shape index (κ1) is 11.0. The van der Waals surface area contributed by atoms with Crippen LogP contribution in [-0.2, 0) is 4.74 Å². The molecule has 0 aromatic rings. The van der Waals surface area contributed by atoms with Crippen LogP contribution >= 0.6 is 0 Å². The van der Waals surface area contributed by atoms with Crippen LogP contribution in [0.3, 0.4) is 0 Å². The van der Waals surface area contributed by atoms with Crippen molar-refractivity contribution in [3.8, 4) is 0 Å². The normalized spacial score (nSPS) is 34.4. The lowest BCUT2D eigenvalue weighted by atomic mass is 9.95. The molecule has 1 aliphatic heterocycles. The van der Waals surface area contributed by atoms with Gasteiger partial charge in [0.2, 0.25) is 0 Å². The average Bonchev–Trinajstić information content (AvgIpc) is 2.32. The Morgan fingerprint density at radius 2 is 2.23 bits per heavy atom. The highest BCUT2D eigenvalue weighted by Gasteiger charge is 2.35. The summed E-state index contributed by atoms with van der Waals surface area (Å²) in [5.41, 5.74) is 0.190. The van der Waals surface area contributed by atoms with E-state index in [1.165, 1.54) is 0 Å². The summed E-state index contributed by atoms with van der Waals surface area (Å²) in [6, 6.07) is 0. The summed E-state index contributed by atoms with van der Waals surface area (Å²) in [7, 11) is 4.19. The largest absolute Gasteiger partial charge is 0.377 e. The first-order valence-electron chi connectivity index (χ1n) is 5.06. The predicted octanol–water partition coefficient (Wildman–Crippen LogP) is 0.705. The number of nitrogens with zero attached hydrogens (tertiary/aromatic N) is 1. The van der Waals surface area contributed by atoms with Crippen LogP contribution in [-0.4, -0.2) is 50.3 Å². The molecular formula is C10H22N2O. The van der Waals surface area contributed by atoms with E-state index >= 15 is 0 Å². The fraction of sp³-hybridized carbons (Fsp3) is 1.00. The molecule has 3 nitrogen and oxygen atoms in total. The summed E-state index contributed by atoms with van der Waals surface area (Å²) >= 11 is 0. The van der Waals surface area contributed by atoms with Gasteiger partial charge in [0.1, 0.15) is 0 Å². The van der Waals surface area contributed by atoms with Gasteiger partial charge in [0, 0.05) is 25.2 Å². The van der Waals surface area contributed by atoms with Crippen molar-refractivity contribution in [1.29, 1.82) is 0 Å². The second-order valence-electron chi connectivity index (χ2n) is 4.41. The summed E-state index contributed by atoms with van der Waals surface area (Å²) < 4.78 is 5.55. The Kier molecular flexibility index (Phi) is 3.71. The van der Waals surface area contributed by atoms with Crippen LogP contribution in [0.5, 0.6) is 0 Å². The summed E-state index contributed by atoms with van der Waals surface area (Å²) in [5.74, 6) is 0. The van der Waals surface area contributed by atoms with Crippen molar-refractivity contribution in [2.75, 3.05) is 33.8 Å². The van der Waals surface area contributed by atoms with Crippen LogP contribution in [0.4, 0.5) is 0 Å². The number of ether oxygens (including phenoxy) is 1. The van der Waals surface area contributed by atoms with E-state index in [-0.39, 0.29) is 5.54 Å². The van der Waals surface area contributed by atoms with Gasteiger partial charge in [0.05, 0.1) is 6.10 Å². The molecule has 2 unspecified atom stereocenters. The van der Waals surface area contributed by atoms with Crippen LogP contribution in [0.1, 0.15) is 20.3 Å². The molecule has 1 rings (SSSR count). The van der Waals surface area contributed by atoms with Gasteiger partial charge in [-0.1, -0.05) is 0 Å². The molecule has 1 saturated heterocycles. The van der Waals surface area contributed by atoms with Gasteiger partial charge in [-0.2, -0.15) is 0 Å². The summed E-state index contributed by atoms with van der Waals surface area (Å²) in [6.45, 7) is 7.42. The van der Waals surface area contributed by atoms with E-state index in [0.717, 1.165) is 26.1 Å². The lowest BCUT2D eigenvalue weighted by Crippen LogP contribution is -2.49. The Labute approximate surface area is 81.4 Å². The molecule has 0 aromatic carbocycles. The number of rotatable bonds is 4. The smallest absolute Gasteiger partial charge is 0.0726 e. The zero-order chi connectivity index (χ0) is 9.90. The van der Waals surface area contributed by atoms with Gasteiger partial charge in [-0.15, -0.1) is 0 Å². The van der Waals surface area contributed by atoms with Crippen molar-refractivity contribution in [2.24, 2.45) is 0 Å². The van der Waals surface area contributed by atoms with Gasteiger partial charge in [0.25, 0.3) is 0 Å². The minimum atomic E-state index is 0.190. The molecule has 1 aliphatic rings. The van der Waals surface area contributed by atoms with Gasteiger partial charge < -0.3 is 15.0 Å². The molecule has 1 N–H and O–H groups in total. The molecule has 0 spiro atoms. The topological polar surface area (TPSA) is 24.5 Å². The average molecular weight is 186 g/mol. The third-order valence-corrected chi connectivity index (χ3v) is 2.97. The first-order valence-corrected chi connectivity index (χ1v) is 5.06. The lowest BCUT2D eigenvalue weighted by Gasteiger charge is -2.29. The molecule has 0 aliphatic carbocycles. The van der Waals surface area contributed by atoms with E-state index in [9.17, 15) is 0 Å². The number of hydrogen-bond acceptors (Lipinski definition) is 3. The SMILES string of the molecule is CC1OCCC1(C)NCCN(C)C. The highest BCUT2D eigenvalue weighted by atomic mass is 16.5. The monoisotopic (exact) mass is 186 g/mol. The molecule has 13 heavy (non-hydrogen) atoms. The third-order valence-electron chi connectivity index (χ3n) is 2.97. The van der Waals surface area contributed by atoms with E-state index in [1.54, 1.807) is 0 Å². The molecule has 0 aromatic heterocycles. The van der Waals surface area contributed by atoms with Gasteiger partial charge >= 0.3 is 0 Å². The van der Waals surface area contributed by atoms with Crippen molar-refractivity contribution < 1.29 is 4.74 Å². The van der Waals surface area contributed by atoms with E-state index < -0.39 is 0 Å². The second-order valence-corrected chi connectivity index (χ2v) is 4.41. The Hall–Kier alpha value is -0.120. The van der Waals surface area contributed by atoms with E-state index in [4.69, 9.17) is 4.74 Å². The minimum Gasteiger partial charge on any atom is -0.377 e. The second kappa shape index (κ2) is 4.40. The zero-order valence-electron chi connectivity index (χ0n) is 9.26. The number of hydrogen-bond donors (Lipinski definition) is 1. The molecule has 3 heteroatoms. The summed E-state index contributed by atoms with van der Waals surface area (Å²) in [5, 5.41) is 3.57. The van der Waals surface area contributed by atoms with Gasteiger partial charge in [-0.3, -0.25) is 0 Å². The Balaban J connectivity index is 2.26. The van der Waals surface area contributed by atoms with E-state index in [2.05, 4.69) is 38.2 Å². The Bertz CT molecular complexity index is 161. The summed E-state index contributed by atoms with van der Waals surface area (Å²) in [6.07, 6.45) is 1.47. The van der Waals surface area contributed by atoms with Crippen LogP contribution < -0.4 is 5.32 Å². The summed E-state index contributed by atoms with van der Waals surface area (Å²) in [4.78, 5) is 2.19. The molecule has 0 bridgehead atoms. The Morgan fingerprint density at radius 1 is 1.54 bits per heavy atom. The lowest BCUT2D eigenvalue weighted by molar-refractivity contribution is 0.0881. The first-order chi connectivity index (χ1) is 6.04. The highest BCUT2D eigenvalue weighted by molar-refractivity contribution is 4.93. The molecule has 78 valence electrons. The van der Waals surface area contributed by atoms with E-state index in [0.29, 0.717) is 6.10 Å². The Morgan fingerprint density at radius 3 is 2.69 bits per heavy atom. The molecule has 1 heterocycles. The minimum absolute atomic E-state index is 0.190. The van der Waals surface area contributed by atoms with E-state index in [1.807, 2.05) is 0 Å². The molecule has 0 saturated carbocycles. The fourth-order valence-electron chi connectivity index (χ4n) is 1.63. The van der Waals surface area contributed by atoms with Crippen molar-refractivity contribution in [2.45, 2.75) is 31.9 Å². The maximum Gasteiger partial charge on any atom is 0.0726 e. The zero-order valence-corrected chi connectivity index (χ0v) is 9.26. The fourth-order valence-corrected chi connectivity index (χ4v) is 1.63. The van der Waals surface area contributed by atoms with Gasteiger partial charge in [-0.05, 0) is 34.4 Å². The molecule has 0 amide bonds. The highest BCUT2D eigenvalue weighted by Crippen LogP contribution is 2.24. The number of likely N-dealkylation sites (N-methyl/N-ethyl adjacent to an activating group) is 1. The van der Waals surface area contributed by atoms with Crippen molar-refractivity contribution >= 4 is 0 Å². The molecule has 1 fully saturated rings. The maximum absolute atomic E-state index is 5.55. The van der Waals surface area contributed by atoms with Crippen molar-refractivity contribution in [3.05, 3.63) is 0 Å². The molecule has 0 radical (unpaired) electrons. The van der Waals surface area contributed by atoms with Crippen LogP contribution in [0.25, 0.3) is 0 Å². The van der Waals surface area contributed by atoms with Crippen LogP contribution in [0, 0.1) is 0 Å². The molecule has 2 atom stereocenters. The maximum atomic E-state index is 5.55. The standard InChI is InChI=1S/C10H22N2O/c1-9-10(2,5-8-13-9)11-6-7-12(3)4/h9,11H,5-8H2,1-4H3. The van der Waals surface area contributed by atoms with Crippen LogP contribution in [0.2, 0.25) is 0 Å². The van der Waals surface area contributed by atoms with Crippen molar-refractivity contribution in [3.63, 3.8) is 0 Å². The molecular weight excluding hydrogens is 164 g/mol.